The van der Waals surface area contributed by atoms with Crippen LogP contribution in [0.4, 0.5) is 5.69 Å². The van der Waals surface area contributed by atoms with Crippen LogP contribution in [0.1, 0.15) is 91.7 Å². The largest absolute Gasteiger partial charge is 0.363 e. The summed E-state index contributed by atoms with van der Waals surface area (Å²) >= 11 is 0. The number of anilines is 1. The Hall–Kier alpha value is -0.980. The minimum Gasteiger partial charge on any atom is -0.363 e. The van der Waals surface area contributed by atoms with Gasteiger partial charge in [0.1, 0.15) is 0 Å². The fourth-order valence-electron chi connectivity index (χ4n) is 4.51. The normalized spacial score (nSPS) is 23.6. The number of hydrogen-bond acceptors (Lipinski definition) is 1. The first-order chi connectivity index (χ1) is 9.99. The van der Waals surface area contributed by atoms with Crippen LogP contribution in [0.25, 0.3) is 0 Å². The Morgan fingerprint density at radius 1 is 0.955 bits per heavy atom. The molecule has 0 N–H and O–H groups in total. The van der Waals surface area contributed by atoms with E-state index in [2.05, 4.69) is 85.4 Å². The summed E-state index contributed by atoms with van der Waals surface area (Å²) in [6, 6.07) is 7.47. The van der Waals surface area contributed by atoms with E-state index in [0.717, 1.165) is 0 Å². The number of para-hydroxylation sites is 1. The molecule has 1 saturated heterocycles. The highest BCUT2D eigenvalue weighted by molar-refractivity contribution is 5.65. The molecule has 1 heterocycles. The Morgan fingerprint density at radius 3 is 1.73 bits per heavy atom. The molecular formula is C21H35N. The molecule has 0 bridgehead atoms. The predicted molar refractivity (Wildman–Crippen MR) is 99.0 cm³/mol. The van der Waals surface area contributed by atoms with Crippen molar-refractivity contribution in [1.82, 2.24) is 0 Å². The zero-order valence-electron chi connectivity index (χ0n) is 16.1. The van der Waals surface area contributed by atoms with Crippen LogP contribution >= 0.6 is 0 Å². The first kappa shape index (κ1) is 17.4. The maximum absolute atomic E-state index is 2.73. The van der Waals surface area contributed by atoms with Gasteiger partial charge in [-0.1, -0.05) is 59.7 Å². The Labute approximate surface area is 138 Å². The van der Waals surface area contributed by atoms with Crippen LogP contribution in [0.5, 0.6) is 0 Å². The summed E-state index contributed by atoms with van der Waals surface area (Å²) in [6.07, 6.45) is 1.24. The molecule has 1 aliphatic heterocycles. The Morgan fingerprint density at radius 2 is 1.41 bits per heavy atom. The number of benzene rings is 1. The van der Waals surface area contributed by atoms with Crippen LogP contribution in [-0.4, -0.2) is 11.6 Å². The topological polar surface area (TPSA) is 3.24 Å². The van der Waals surface area contributed by atoms with E-state index >= 15 is 0 Å². The maximum atomic E-state index is 2.73. The summed E-state index contributed by atoms with van der Waals surface area (Å²) in [7, 11) is 0. The summed E-state index contributed by atoms with van der Waals surface area (Å²) in [5, 5.41) is 0. The number of nitrogens with zero attached hydrogens (tertiary/aromatic N) is 1. The van der Waals surface area contributed by atoms with Gasteiger partial charge in [0.05, 0.1) is 0 Å². The quantitative estimate of drug-likeness (QED) is 0.630. The molecule has 0 aromatic heterocycles. The SMILES string of the molecule is CC(C)c1cccc(C(C)C)c1N1[C@@H](C)C(C)(C)CC1(C)C. The van der Waals surface area contributed by atoms with Crippen molar-refractivity contribution in [2.45, 2.75) is 92.2 Å². The zero-order valence-corrected chi connectivity index (χ0v) is 16.1. The summed E-state index contributed by atoms with van der Waals surface area (Å²) in [4.78, 5) is 2.73. The molecule has 1 aromatic carbocycles. The van der Waals surface area contributed by atoms with Crippen molar-refractivity contribution in [3.63, 3.8) is 0 Å². The van der Waals surface area contributed by atoms with Crippen molar-refractivity contribution in [2.75, 3.05) is 4.90 Å². The molecular weight excluding hydrogens is 266 g/mol. The highest BCUT2D eigenvalue weighted by Gasteiger charge is 2.49. The van der Waals surface area contributed by atoms with E-state index in [9.17, 15) is 0 Å². The average molecular weight is 302 g/mol. The lowest BCUT2D eigenvalue weighted by Crippen LogP contribution is -2.44. The maximum Gasteiger partial charge on any atom is 0.0443 e. The lowest BCUT2D eigenvalue weighted by Gasteiger charge is -2.41. The van der Waals surface area contributed by atoms with Gasteiger partial charge in [0.15, 0.2) is 0 Å². The van der Waals surface area contributed by atoms with Crippen LogP contribution in [0.3, 0.4) is 0 Å². The Bertz CT molecular complexity index is 511. The van der Waals surface area contributed by atoms with E-state index in [1.54, 1.807) is 0 Å². The van der Waals surface area contributed by atoms with Gasteiger partial charge in [0, 0.05) is 17.3 Å². The van der Waals surface area contributed by atoms with E-state index in [4.69, 9.17) is 0 Å². The fourth-order valence-corrected chi connectivity index (χ4v) is 4.51. The number of rotatable bonds is 3. The minimum atomic E-state index is 0.206. The average Bonchev–Trinajstić information content (AvgIpc) is 2.52. The van der Waals surface area contributed by atoms with E-state index < -0.39 is 0 Å². The molecule has 0 saturated carbocycles. The van der Waals surface area contributed by atoms with Crippen molar-refractivity contribution in [2.24, 2.45) is 5.41 Å². The van der Waals surface area contributed by atoms with E-state index in [0.29, 0.717) is 23.3 Å². The van der Waals surface area contributed by atoms with Crippen molar-refractivity contribution in [1.29, 1.82) is 0 Å². The highest BCUT2D eigenvalue weighted by Crippen LogP contribution is 2.51. The van der Waals surface area contributed by atoms with Gasteiger partial charge in [0.2, 0.25) is 0 Å². The number of hydrogen-bond donors (Lipinski definition) is 0. The van der Waals surface area contributed by atoms with Gasteiger partial charge in [-0.05, 0) is 55.6 Å². The van der Waals surface area contributed by atoms with E-state index in [1.165, 1.54) is 23.2 Å². The first-order valence-corrected chi connectivity index (χ1v) is 8.91. The van der Waals surface area contributed by atoms with Crippen molar-refractivity contribution >= 4 is 5.69 Å². The second kappa shape index (κ2) is 5.58. The standard InChI is InChI=1S/C21H35N/c1-14(2)17-11-10-12-18(15(3)4)19(17)22-16(5)20(6,7)13-21(22,8)9/h10-12,14-16H,13H2,1-9H3/t16-/m0/s1. The second-order valence-corrected chi connectivity index (χ2v) is 9.12. The molecule has 22 heavy (non-hydrogen) atoms. The molecule has 0 spiro atoms. The van der Waals surface area contributed by atoms with Gasteiger partial charge in [-0.25, -0.2) is 0 Å². The predicted octanol–water partition coefficient (Wildman–Crippen LogP) is 6.34. The van der Waals surface area contributed by atoms with Gasteiger partial charge in [0.25, 0.3) is 0 Å². The molecule has 0 aliphatic carbocycles. The minimum absolute atomic E-state index is 0.206. The van der Waals surface area contributed by atoms with Crippen LogP contribution in [0.15, 0.2) is 18.2 Å². The van der Waals surface area contributed by atoms with Crippen LogP contribution < -0.4 is 4.90 Å². The summed E-state index contributed by atoms with van der Waals surface area (Å²) < 4.78 is 0. The van der Waals surface area contributed by atoms with Gasteiger partial charge in [-0.15, -0.1) is 0 Å². The van der Waals surface area contributed by atoms with Gasteiger partial charge in [-0.3, -0.25) is 0 Å². The molecule has 1 aliphatic rings. The molecule has 1 nitrogen and oxygen atoms in total. The molecule has 1 heteroatoms. The molecule has 0 unspecified atom stereocenters. The summed E-state index contributed by atoms with van der Waals surface area (Å²) in [5.41, 5.74) is 5.07. The molecule has 0 amide bonds. The first-order valence-electron chi connectivity index (χ1n) is 8.91. The smallest absolute Gasteiger partial charge is 0.0443 e. The fraction of sp³-hybridized carbons (Fsp3) is 0.714. The Kier molecular flexibility index (Phi) is 4.41. The highest BCUT2D eigenvalue weighted by atomic mass is 15.3. The van der Waals surface area contributed by atoms with Crippen molar-refractivity contribution < 1.29 is 0 Å². The molecule has 1 atom stereocenters. The summed E-state index contributed by atoms with van der Waals surface area (Å²) in [5.74, 6) is 1.11. The molecule has 2 rings (SSSR count). The monoisotopic (exact) mass is 301 g/mol. The van der Waals surface area contributed by atoms with Gasteiger partial charge in [-0.2, -0.15) is 0 Å². The van der Waals surface area contributed by atoms with Gasteiger partial charge < -0.3 is 4.90 Å². The zero-order chi connectivity index (χ0) is 16.9. The van der Waals surface area contributed by atoms with Crippen LogP contribution in [0, 0.1) is 5.41 Å². The van der Waals surface area contributed by atoms with Crippen molar-refractivity contribution in [3.05, 3.63) is 29.3 Å². The lowest BCUT2D eigenvalue weighted by molar-refractivity contribution is 0.329. The molecule has 0 radical (unpaired) electrons. The van der Waals surface area contributed by atoms with Crippen molar-refractivity contribution in [3.8, 4) is 0 Å². The van der Waals surface area contributed by atoms with Crippen LogP contribution in [-0.2, 0) is 0 Å². The molecule has 1 aromatic rings. The van der Waals surface area contributed by atoms with E-state index in [1.807, 2.05) is 0 Å². The third-order valence-electron chi connectivity index (χ3n) is 5.64. The molecule has 124 valence electrons. The second-order valence-electron chi connectivity index (χ2n) is 9.12. The Balaban J connectivity index is 2.70. The lowest BCUT2D eigenvalue weighted by atomic mass is 9.82. The molecule has 1 fully saturated rings. The third-order valence-corrected chi connectivity index (χ3v) is 5.64. The van der Waals surface area contributed by atoms with Gasteiger partial charge >= 0.3 is 0 Å². The summed E-state index contributed by atoms with van der Waals surface area (Å²) in [6.45, 7) is 21.4. The van der Waals surface area contributed by atoms with E-state index in [-0.39, 0.29) is 5.54 Å². The third kappa shape index (κ3) is 2.79. The van der Waals surface area contributed by atoms with Crippen LogP contribution in [0.2, 0.25) is 0 Å².